The molecule has 0 aliphatic heterocycles. The fraction of sp³-hybridized carbons (Fsp3) is 0.429. The first-order chi connectivity index (χ1) is 15.4. The summed E-state index contributed by atoms with van der Waals surface area (Å²) in [4.78, 5) is 0. The summed E-state index contributed by atoms with van der Waals surface area (Å²) in [5.41, 5.74) is 2.60. The molecule has 4 heteroatoms. The van der Waals surface area contributed by atoms with Crippen molar-refractivity contribution in [2.24, 2.45) is 5.92 Å². The van der Waals surface area contributed by atoms with Gasteiger partial charge in [0, 0.05) is 5.92 Å². The van der Waals surface area contributed by atoms with E-state index in [4.69, 9.17) is 0 Å². The Labute approximate surface area is 187 Å². The van der Waals surface area contributed by atoms with E-state index >= 15 is 0 Å². The van der Waals surface area contributed by atoms with Gasteiger partial charge in [0.2, 0.25) is 0 Å². The van der Waals surface area contributed by atoms with E-state index in [9.17, 15) is 17.6 Å². The van der Waals surface area contributed by atoms with E-state index in [0.717, 1.165) is 53.1 Å². The van der Waals surface area contributed by atoms with E-state index in [1.54, 1.807) is 24.3 Å². The average molecular weight is 443 g/mol. The summed E-state index contributed by atoms with van der Waals surface area (Å²) >= 11 is 0. The molecule has 2 atom stereocenters. The van der Waals surface area contributed by atoms with Gasteiger partial charge in [-0.05, 0) is 76.9 Å². The van der Waals surface area contributed by atoms with Gasteiger partial charge in [-0.2, -0.15) is 13.2 Å². The molecule has 1 aliphatic carbocycles. The number of halogens is 4. The highest BCUT2D eigenvalue weighted by Crippen LogP contribution is 2.45. The van der Waals surface area contributed by atoms with Crippen LogP contribution in [0.15, 0.2) is 54.6 Å². The Kier molecular flexibility index (Phi) is 6.88. The van der Waals surface area contributed by atoms with Crippen LogP contribution in [0, 0.1) is 11.7 Å². The van der Waals surface area contributed by atoms with Crippen LogP contribution in [0.3, 0.4) is 0 Å². The highest BCUT2D eigenvalue weighted by Gasteiger charge is 2.33. The number of alkyl halides is 3. The number of aryl methyl sites for hydroxylation is 1. The molecule has 0 aromatic heterocycles. The minimum Gasteiger partial charge on any atom is -0.207 e. The maximum Gasteiger partial charge on any atom is 0.416 e. The molecular formula is C28H30F4. The molecule has 0 nitrogen and oxygen atoms in total. The van der Waals surface area contributed by atoms with Gasteiger partial charge in [0.25, 0.3) is 0 Å². The van der Waals surface area contributed by atoms with Crippen molar-refractivity contribution in [1.29, 1.82) is 0 Å². The number of benzene rings is 3. The smallest absolute Gasteiger partial charge is 0.207 e. The maximum absolute atomic E-state index is 14.0. The number of hydrogen-bond acceptors (Lipinski definition) is 0. The standard InChI is InChI=1S/C28H30F4/c1-2-3-4-5-6-7-20-12-16-24-25(17-11-19-10-15-23(29)18-26(19)24)27(20)21-8-13-22(14-9-21)28(30,31)32/h8-11,13-15,17-18,20,27H,2-7,12,16H2,1H3/t20-,27-/m1/s1. The quantitative estimate of drug-likeness (QED) is 0.253. The van der Waals surface area contributed by atoms with Crippen LogP contribution in [0.4, 0.5) is 17.6 Å². The van der Waals surface area contributed by atoms with E-state index in [1.807, 2.05) is 6.07 Å². The van der Waals surface area contributed by atoms with Crippen molar-refractivity contribution in [3.05, 3.63) is 82.7 Å². The zero-order chi connectivity index (χ0) is 22.7. The summed E-state index contributed by atoms with van der Waals surface area (Å²) in [6.45, 7) is 2.20. The van der Waals surface area contributed by atoms with Crippen molar-refractivity contribution in [1.82, 2.24) is 0 Å². The molecule has 0 heterocycles. The van der Waals surface area contributed by atoms with Gasteiger partial charge < -0.3 is 0 Å². The Morgan fingerprint density at radius 1 is 0.875 bits per heavy atom. The molecule has 170 valence electrons. The average Bonchev–Trinajstić information content (AvgIpc) is 2.78. The summed E-state index contributed by atoms with van der Waals surface area (Å²) in [5, 5.41) is 1.94. The molecule has 0 spiro atoms. The van der Waals surface area contributed by atoms with E-state index in [0.29, 0.717) is 5.92 Å². The van der Waals surface area contributed by atoms with Crippen LogP contribution >= 0.6 is 0 Å². The number of fused-ring (bicyclic) bond motifs is 3. The van der Waals surface area contributed by atoms with Crippen molar-refractivity contribution >= 4 is 10.8 Å². The van der Waals surface area contributed by atoms with Crippen molar-refractivity contribution < 1.29 is 17.6 Å². The molecule has 0 bridgehead atoms. The second kappa shape index (κ2) is 9.64. The summed E-state index contributed by atoms with van der Waals surface area (Å²) in [6, 6.07) is 14.7. The minimum absolute atomic E-state index is 0.0416. The molecule has 0 saturated carbocycles. The first-order valence-corrected chi connectivity index (χ1v) is 11.8. The fourth-order valence-corrected chi connectivity index (χ4v) is 5.34. The number of rotatable bonds is 7. The Morgan fingerprint density at radius 2 is 1.59 bits per heavy atom. The third-order valence-electron chi connectivity index (χ3n) is 6.98. The van der Waals surface area contributed by atoms with Crippen LogP contribution in [0.1, 0.15) is 80.0 Å². The second-order valence-electron chi connectivity index (χ2n) is 9.10. The fourth-order valence-electron chi connectivity index (χ4n) is 5.34. The summed E-state index contributed by atoms with van der Waals surface area (Å²) in [6.07, 6.45) is 4.59. The predicted octanol–water partition coefficient (Wildman–Crippen LogP) is 9.05. The van der Waals surface area contributed by atoms with E-state index in [2.05, 4.69) is 13.0 Å². The topological polar surface area (TPSA) is 0 Å². The molecule has 0 N–H and O–H groups in total. The molecule has 3 aromatic carbocycles. The van der Waals surface area contributed by atoms with Crippen LogP contribution in [-0.4, -0.2) is 0 Å². The van der Waals surface area contributed by atoms with Gasteiger partial charge in [-0.3, -0.25) is 0 Å². The molecular weight excluding hydrogens is 412 g/mol. The SMILES string of the molecule is CCCCCCC[C@@H]1CCc2c(ccc3ccc(F)cc23)[C@H]1c1ccc(C(F)(F)F)cc1. The Hall–Kier alpha value is -2.36. The molecule has 3 aromatic rings. The van der Waals surface area contributed by atoms with Crippen LogP contribution < -0.4 is 0 Å². The first kappa shape index (κ1) is 22.8. The first-order valence-electron chi connectivity index (χ1n) is 11.8. The summed E-state index contributed by atoms with van der Waals surface area (Å²) in [7, 11) is 0. The molecule has 32 heavy (non-hydrogen) atoms. The van der Waals surface area contributed by atoms with Gasteiger partial charge in [0.05, 0.1) is 5.56 Å². The third kappa shape index (κ3) is 4.84. The maximum atomic E-state index is 14.0. The zero-order valence-corrected chi connectivity index (χ0v) is 18.5. The Morgan fingerprint density at radius 3 is 2.31 bits per heavy atom. The predicted molar refractivity (Wildman–Crippen MR) is 122 cm³/mol. The van der Waals surface area contributed by atoms with E-state index in [1.165, 1.54) is 43.9 Å². The summed E-state index contributed by atoms with van der Waals surface area (Å²) < 4.78 is 53.4. The molecule has 4 rings (SSSR count). The Bertz CT molecular complexity index is 1050. The van der Waals surface area contributed by atoms with Gasteiger partial charge in [0.1, 0.15) is 5.82 Å². The van der Waals surface area contributed by atoms with Gasteiger partial charge in [-0.25, -0.2) is 4.39 Å². The third-order valence-corrected chi connectivity index (χ3v) is 6.98. The van der Waals surface area contributed by atoms with Crippen molar-refractivity contribution in [2.75, 3.05) is 0 Å². The van der Waals surface area contributed by atoms with Crippen LogP contribution in [0.25, 0.3) is 10.8 Å². The lowest BCUT2D eigenvalue weighted by atomic mass is 9.69. The van der Waals surface area contributed by atoms with Crippen LogP contribution in [0.5, 0.6) is 0 Å². The van der Waals surface area contributed by atoms with Gasteiger partial charge >= 0.3 is 6.18 Å². The molecule has 0 fully saturated rings. The lowest BCUT2D eigenvalue weighted by molar-refractivity contribution is -0.137. The zero-order valence-electron chi connectivity index (χ0n) is 18.5. The lowest BCUT2D eigenvalue weighted by Gasteiger charge is -2.35. The minimum atomic E-state index is -4.34. The lowest BCUT2D eigenvalue weighted by Crippen LogP contribution is -2.22. The monoisotopic (exact) mass is 442 g/mol. The van der Waals surface area contributed by atoms with Gasteiger partial charge in [-0.1, -0.05) is 69.4 Å². The van der Waals surface area contributed by atoms with E-state index in [-0.39, 0.29) is 11.7 Å². The Balaban J connectivity index is 1.70. The molecule has 0 saturated heterocycles. The number of unbranched alkanes of at least 4 members (excludes halogenated alkanes) is 4. The van der Waals surface area contributed by atoms with Crippen molar-refractivity contribution in [3.8, 4) is 0 Å². The second-order valence-corrected chi connectivity index (χ2v) is 9.10. The highest BCUT2D eigenvalue weighted by molar-refractivity contribution is 5.87. The van der Waals surface area contributed by atoms with Crippen LogP contribution in [0.2, 0.25) is 0 Å². The molecule has 0 unspecified atom stereocenters. The largest absolute Gasteiger partial charge is 0.416 e. The van der Waals surface area contributed by atoms with Crippen LogP contribution in [-0.2, 0) is 12.6 Å². The molecule has 1 aliphatic rings. The molecule has 0 radical (unpaired) electrons. The van der Waals surface area contributed by atoms with Crippen molar-refractivity contribution in [3.63, 3.8) is 0 Å². The van der Waals surface area contributed by atoms with E-state index < -0.39 is 11.7 Å². The molecule has 0 amide bonds. The normalized spacial score (nSPS) is 18.7. The van der Waals surface area contributed by atoms with Gasteiger partial charge in [-0.15, -0.1) is 0 Å². The summed E-state index contributed by atoms with van der Waals surface area (Å²) in [5.74, 6) is 0.168. The highest BCUT2D eigenvalue weighted by atomic mass is 19.4. The van der Waals surface area contributed by atoms with Crippen molar-refractivity contribution in [2.45, 2.75) is 70.4 Å². The number of hydrogen-bond donors (Lipinski definition) is 0. The van der Waals surface area contributed by atoms with Gasteiger partial charge in [0.15, 0.2) is 0 Å².